The molecule has 1 aromatic carbocycles. The SMILES string of the molecule is CN(C)c1ccc(P)cc1.[Cl][Pd][Cl]. The molecule has 0 aliphatic carbocycles. The van der Waals surface area contributed by atoms with Crippen LogP contribution in [-0.4, -0.2) is 14.1 Å². The molecule has 0 saturated heterocycles. The fourth-order valence-electron chi connectivity index (χ4n) is 0.772. The number of nitrogens with zero attached hydrogens (tertiary/aromatic N) is 1. The molecule has 0 aliphatic rings. The molecule has 1 unspecified atom stereocenters. The Bertz CT molecular complexity index is 228. The molecular weight excluding hydrogens is 318 g/mol. The van der Waals surface area contributed by atoms with E-state index in [4.69, 9.17) is 19.1 Å². The molecule has 0 amide bonds. The standard InChI is InChI=1S/C8H12NP.2ClH.Pd/c1-9(2)7-3-5-8(10)6-4-7;;;/h3-6H,10H2,1-2H3;2*1H;/q;;;+2/p-2. The first-order chi connectivity index (χ1) is 6.11. The molecule has 0 spiro atoms. The Kier molecular flexibility index (Phi) is 8.47. The number of benzene rings is 1. The summed E-state index contributed by atoms with van der Waals surface area (Å²) in [6.45, 7) is 0. The molecule has 0 aliphatic heterocycles. The molecule has 5 heteroatoms. The van der Waals surface area contributed by atoms with Crippen molar-refractivity contribution in [3.8, 4) is 0 Å². The van der Waals surface area contributed by atoms with Crippen LogP contribution in [0.25, 0.3) is 0 Å². The van der Waals surface area contributed by atoms with E-state index in [0.29, 0.717) is 0 Å². The van der Waals surface area contributed by atoms with E-state index >= 15 is 0 Å². The molecular formula is C8H12Cl2NPPd. The average Bonchev–Trinajstić information content (AvgIpc) is 2.06. The zero-order valence-electron chi connectivity index (χ0n) is 7.41. The predicted octanol–water partition coefficient (Wildman–Crippen LogP) is 2.63. The minimum absolute atomic E-state index is 0.106. The van der Waals surface area contributed by atoms with Crippen LogP contribution in [0.1, 0.15) is 0 Å². The van der Waals surface area contributed by atoms with Crippen LogP contribution in [0.5, 0.6) is 0 Å². The summed E-state index contributed by atoms with van der Waals surface area (Å²) < 4.78 is 0. The van der Waals surface area contributed by atoms with Crippen LogP contribution in [0, 0.1) is 0 Å². The zero-order chi connectivity index (χ0) is 10.3. The van der Waals surface area contributed by atoms with Crippen LogP contribution < -0.4 is 10.2 Å². The van der Waals surface area contributed by atoms with Crippen LogP contribution in [-0.2, 0) is 15.9 Å². The molecule has 0 N–H and O–H groups in total. The Balaban J connectivity index is 0.000000424. The third-order valence-corrected chi connectivity index (χ3v) is 1.79. The summed E-state index contributed by atoms with van der Waals surface area (Å²) in [5.74, 6) is 0. The van der Waals surface area contributed by atoms with Crippen molar-refractivity contribution >= 4 is 39.3 Å². The molecule has 1 rings (SSSR count). The molecule has 0 heterocycles. The van der Waals surface area contributed by atoms with Crippen LogP contribution in [0.4, 0.5) is 5.69 Å². The molecule has 0 radical (unpaired) electrons. The average molecular weight is 330 g/mol. The molecule has 0 fully saturated rings. The van der Waals surface area contributed by atoms with Gasteiger partial charge in [0.15, 0.2) is 0 Å². The molecule has 1 aromatic rings. The Labute approximate surface area is 98.1 Å². The molecule has 78 valence electrons. The van der Waals surface area contributed by atoms with Gasteiger partial charge >= 0.3 is 35.0 Å². The number of anilines is 1. The van der Waals surface area contributed by atoms with Gasteiger partial charge in [0.25, 0.3) is 0 Å². The molecule has 0 bridgehead atoms. The van der Waals surface area contributed by atoms with Crippen molar-refractivity contribution in [2.75, 3.05) is 19.0 Å². The van der Waals surface area contributed by atoms with Gasteiger partial charge in [-0.05, 0) is 17.4 Å². The summed E-state index contributed by atoms with van der Waals surface area (Å²) in [6.07, 6.45) is 0. The van der Waals surface area contributed by atoms with Gasteiger partial charge in [0.05, 0.1) is 0 Å². The van der Waals surface area contributed by atoms with E-state index < -0.39 is 0 Å². The zero-order valence-corrected chi connectivity index (χ0v) is 11.6. The van der Waals surface area contributed by atoms with Crippen LogP contribution >= 0.6 is 28.3 Å². The van der Waals surface area contributed by atoms with Crippen LogP contribution in [0.2, 0.25) is 0 Å². The van der Waals surface area contributed by atoms with Gasteiger partial charge < -0.3 is 4.90 Å². The molecule has 13 heavy (non-hydrogen) atoms. The van der Waals surface area contributed by atoms with Gasteiger partial charge in [0, 0.05) is 19.8 Å². The van der Waals surface area contributed by atoms with Gasteiger partial charge in [-0.15, -0.1) is 9.24 Å². The second-order valence-corrected chi connectivity index (χ2v) is 5.56. The Morgan fingerprint density at radius 2 is 1.54 bits per heavy atom. The van der Waals surface area contributed by atoms with E-state index in [1.807, 2.05) is 14.1 Å². The van der Waals surface area contributed by atoms with Gasteiger partial charge in [-0.2, -0.15) is 0 Å². The maximum atomic E-state index is 4.81. The van der Waals surface area contributed by atoms with E-state index in [-0.39, 0.29) is 15.9 Å². The van der Waals surface area contributed by atoms with Gasteiger partial charge in [-0.25, -0.2) is 0 Å². The van der Waals surface area contributed by atoms with Crippen LogP contribution in [0.15, 0.2) is 24.3 Å². The topological polar surface area (TPSA) is 3.24 Å². The first kappa shape index (κ1) is 13.7. The third kappa shape index (κ3) is 6.72. The Morgan fingerprint density at radius 1 is 1.15 bits per heavy atom. The van der Waals surface area contributed by atoms with Crippen molar-refractivity contribution < 1.29 is 15.9 Å². The van der Waals surface area contributed by atoms with Crippen molar-refractivity contribution in [1.82, 2.24) is 0 Å². The molecule has 1 nitrogen and oxygen atoms in total. The minimum atomic E-state index is -0.106. The fourth-order valence-corrected chi connectivity index (χ4v) is 0.965. The quantitative estimate of drug-likeness (QED) is 0.565. The van der Waals surface area contributed by atoms with Gasteiger partial charge in [-0.3, -0.25) is 0 Å². The Morgan fingerprint density at radius 3 is 1.85 bits per heavy atom. The van der Waals surface area contributed by atoms with Crippen molar-refractivity contribution in [3.05, 3.63) is 24.3 Å². The first-order valence-electron chi connectivity index (χ1n) is 3.47. The van der Waals surface area contributed by atoms with E-state index in [9.17, 15) is 0 Å². The number of hydrogen-bond acceptors (Lipinski definition) is 1. The van der Waals surface area contributed by atoms with E-state index in [1.165, 1.54) is 11.0 Å². The van der Waals surface area contributed by atoms with Gasteiger partial charge in [0.1, 0.15) is 0 Å². The summed E-state index contributed by atoms with van der Waals surface area (Å²) in [4.78, 5) is 2.09. The van der Waals surface area contributed by atoms with Crippen molar-refractivity contribution in [2.45, 2.75) is 0 Å². The normalized spacial score (nSPS) is 9.00. The fraction of sp³-hybridized carbons (Fsp3) is 0.250. The van der Waals surface area contributed by atoms with Gasteiger partial charge in [-0.1, -0.05) is 12.1 Å². The van der Waals surface area contributed by atoms with Gasteiger partial charge in [0.2, 0.25) is 0 Å². The van der Waals surface area contributed by atoms with Crippen molar-refractivity contribution in [3.63, 3.8) is 0 Å². The maximum absolute atomic E-state index is 4.81. The second kappa shape index (κ2) is 8.04. The van der Waals surface area contributed by atoms with E-state index in [2.05, 4.69) is 38.4 Å². The second-order valence-electron chi connectivity index (χ2n) is 2.53. The monoisotopic (exact) mass is 329 g/mol. The molecule has 1 atom stereocenters. The first-order valence-corrected chi connectivity index (χ1v) is 8.05. The molecule has 0 aromatic heterocycles. The summed E-state index contributed by atoms with van der Waals surface area (Å²) in [5.41, 5.74) is 1.24. The third-order valence-electron chi connectivity index (χ3n) is 1.41. The Hall–Kier alpha value is 0.692. The van der Waals surface area contributed by atoms with E-state index in [0.717, 1.165) is 0 Å². The van der Waals surface area contributed by atoms with E-state index in [1.54, 1.807) is 0 Å². The summed E-state index contributed by atoms with van der Waals surface area (Å²) in [6, 6.07) is 8.37. The number of hydrogen-bond donors (Lipinski definition) is 0. The van der Waals surface area contributed by atoms with Crippen molar-refractivity contribution in [1.29, 1.82) is 0 Å². The van der Waals surface area contributed by atoms with Crippen molar-refractivity contribution in [2.24, 2.45) is 0 Å². The molecule has 0 saturated carbocycles. The number of rotatable bonds is 1. The summed E-state index contributed by atoms with van der Waals surface area (Å²) >= 11 is -0.106. The summed E-state index contributed by atoms with van der Waals surface area (Å²) in [7, 11) is 16.4. The summed E-state index contributed by atoms with van der Waals surface area (Å²) in [5, 5.41) is 1.23. The van der Waals surface area contributed by atoms with Crippen LogP contribution in [0.3, 0.4) is 0 Å². The number of halogens is 2. The predicted molar refractivity (Wildman–Crippen MR) is 61.8 cm³/mol.